The zero-order chi connectivity index (χ0) is 20.6. The summed E-state index contributed by atoms with van der Waals surface area (Å²) in [4.78, 5) is 16.7. The van der Waals surface area contributed by atoms with E-state index in [-0.39, 0.29) is 5.91 Å². The Morgan fingerprint density at radius 1 is 1.10 bits per heavy atom. The molecule has 2 aromatic carbocycles. The highest BCUT2D eigenvalue weighted by molar-refractivity contribution is 7.14. The number of amides is 1. The summed E-state index contributed by atoms with van der Waals surface area (Å²) >= 11 is 1.37. The summed E-state index contributed by atoms with van der Waals surface area (Å²) in [5.74, 6) is 2.15. The number of hydrogen-bond donors (Lipinski definition) is 1. The highest BCUT2D eigenvalue weighted by atomic mass is 32.1. The smallest absolute Gasteiger partial charge is 0.226 e. The van der Waals surface area contributed by atoms with Crippen molar-refractivity contribution in [1.29, 1.82) is 0 Å². The molecule has 0 aliphatic carbocycles. The zero-order valence-electron chi connectivity index (χ0n) is 16.7. The van der Waals surface area contributed by atoms with Crippen LogP contribution in [0.3, 0.4) is 0 Å². The van der Waals surface area contributed by atoms with Gasteiger partial charge in [-0.05, 0) is 49.2 Å². The number of rotatable bonds is 9. The topological polar surface area (TPSA) is 69.7 Å². The lowest BCUT2D eigenvalue weighted by molar-refractivity contribution is -0.116. The highest BCUT2D eigenvalue weighted by Crippen LogP contribution is 2.35. The van der Waals surface area contributed by atoms with Crippen molar-refractivity contribution in [2.75, 3.05) is 26.1 Å². The first-order valence-corrected chi connectivity index (χ1v) is 10.1. The number of carbonyl (C=O) groups excluding carboxylic acids is 1. The molecule has 0 fully saturated rings. The molecule has 29 heavy (non-hydrogen) atoms. The molecule has 0 bridgehead atoms. The number of aryl methyl sites for hydroxylation is 1. The fraction of sp³-hybridized carbons (Fsp3) is 0.273. The molecule has 1 N–H and O–H groups in total. The van der Waals surface area contributed by atoms with Crippen molar-refractivity contribution in [2.45, 2.75) is 19.8 Å². The minimum Gasteiger partial charge on any atom is -0.497 e. The first-order chi connectivity index (χ1) is 14.1. The zero-order valence-corrected chi connectivity index (χ0v) is 17.5. The Labute approximate surface area is 174 Å². The van der Waals surface area contributed by atoms with Crippen LogP contribution >= 0.6 is 11.3 Å². The number of anilines is 1. The van der Waals surface area contributed by atoms with E-state index in [0.29, 0.717) is 36.1 Å². The van der Waals surface area contributed by atoms with E-state index in [9.17, 15) is 4.79 Å². The monoisotopic (exact) mass is 412 g/mol. The van der Waals surface area contributed by atoms with Crippen molar-refractivity contribution in [1.82, 2.24) is 4.98 Å². The van der Waals surface area contributed by atoms with Gasteiger partial charge in [0.05, 0.1) is 26.5 Å². The van der Waals surface area contributed by atoms with Crippen molar-refractivity contribution in [3.8, 4) is 28.5 Å². The van der Waals surface area contributed by atoms with Crippen LogP contribution in [-0.4, -0.2) is 31.7 Å². The fourth-order valence-electron chi connectivity index (χ4n) is 2.78. The maximum Gasteiger partial charge on any atom is 0.226 e. The Balaban J connectivity index is 1.53. The van der Waals surface area contributed by atoms with Crippen LogP contribution in [0.1, 0.15) is 18.4 Å². The lowest BCUT2D eigenvalue weighted by Crippen LogP contribution is -2.12. The van der Waals surface area contributed by atoms with Gasteiger partial charge in [-0.25, -0.2) is 4.98 Å². The Hall–Kier alpha value is -3.06. The molecule has 0 aliphatic heterocycles. The average molecular weight is 413 g/mol. The van der Waals surface area contributed by atoms with Crippen molar-refractivity contribution in [2.24, 2.45) is 0 Å². The quantitative estimate of drug-likeness (QED) is 0.505. The fourth-order valence-corrected chi connectivity index (χ4v) is 3.51. The molecule has 152 valence electrons. The largest absolute Gasteiger partial charge is 0.497 e. The molecule has 1 amide bonds. The van der Waals surface area contributed by atoms with Crippen LogP contribution < -0.4 is 19.5 Å². The van der Waals surface area contributed by atoms with E-state index in [1.54, 1.807) is 14.2 Å². The van der Waals surface area contributed by atoms with Crippen molar-refractivity contribution >= 4 is 22.4 Å². The summed E-state index contributed by atoms with van der Waals surface area (Å²) in [6.07, 6.45) is 0.991. The van der Waals surface area contributed by atoms with Gasteiger partial charge in [-0.2, -0.15) is 0 Å². The summed E-state index contributed by atoms with van der Waals surface area (Å²) in [6, 6.07) is 13.4. The van der Waals surface area contributed by atoms with E-state index in [2.05, 4.69) is 10.3 Å². The van der Waals surface area contributed by atoms with Gasteiger partial charge in [0.25, 0.3) is 0 Å². The van der Waals surface area contributed by atoms with Gasteiger partial charge < -0.3 is 19.5 Å². The number of thiazole rings is 1. The van der Waals surface area contributed by atoms with Gasteiger partial charge in [0.15, 0.2) is 5.13 Å². The SMILES string of the molecule is COc1ccc(OC)c(-c2csc(NC(=O)CCCOc3cccc(C)c3)n2)c1. The molecule has 0 spiro atoms. The molecule has 1 heterocycles. The van der Waals surface area contributed by atoms with E-state index in [0.717, 1.165) is 22.6 Å². The molecule has 0 saturated heterocycles. The van der Waals surface area contributed by atoms with Gasteiger partial charge >= 0.3 is 0 Å². The number of ether oxygens (including phenoxy) is 3. The first kappa shape index (κ1) is 20.7. The Bertz CT molecular complexity index is 971. The third-order valence-electron chi connectivity index (χ3n) is 4.24. The minimum atomic E-state index is -0.0867. The standard InChI is InChI=1S/C22H24N2O4S/c1-15-6-4-7-17(12-15)28-11-5-8-21(25)24-22-23-19(14-29-22)18-13-16(26-2)9-10-20(18)27-3/h4,6-7,9-10,12-14H,5,8,11H2,1-3H3,(H,23,24,25). The summed E-state index contributed by atoms with van der Waals surface area (Å²) in [5, 5.41) is 5.28. The molecule has 0 radical (unpaired) electrons. The van der Waals surface area contributed by atoms with E-state index in [1.807, 2.05) is 54.8 Å². The molecule has 1 aromatic heterocycles. The van der Waals surface area contributed by atoms with Crippen LogP contribution in [0, 0.1) is 6.92 Å². The van der Waals surface area contributed by atoms with E-state index >= 15 is 0 Å². The van der Waals surface area contributed by atoms with E-state index < -0.39 is 0 Å². The Morgan fingerprint density at radius 2 is 1.97 bits per heavy atom. The normalized spacial score (nSPS) is 10.4. The molecule has 0 aliphatic rings. The molecule has 3 aromatic rings. The lowest BCUT2D eigenvalue weighted by Gasteiger charge is -2.08. The predicted octanol–water partition coefficient (Wildman–Crippen LogP) is 4.93. The van der Waals surface area contributed by atoms with Crippen LogP contribution in [0.15, 0.2) is 47.8 Å². The van der Waals surface area contributed by atoms with Gasteiger partial charge in [-0.3, -0.25) is 4.79 Å². The van der Waals surface area contributed by atoms with Crippen LogP contribution in [-0.2, 0) is 4.79 Å². The van der Waals surface area contributed by atoms with Crippen LogP contribution in [0.25, 0.3) is 11.3 Å². The number of aromatic nitrogens is 1. The second-order valence-electron chi connectivity index (χ2n) is 6.42. The molecule has 0 unspecified atom stereocenters. The number of nitrogens with one attached hydrogen (secondary N) is 1. The highest BCUT2D eigenvalue weighted by Gasteiger charge is 2.13. The Morgan fingerprint density at radius 3 is 2.72 bits per heavy atom. The van der Waals surface area contributed by atoms with E-state index in [1.165, 1.54) is 11.3 Å². The minimum absolute atomic E-state index is 0.0867. The third kappa shape index (κ3) is 5.71. The summed E-state index contributed by atoms with van der Waals surface area (Å²) < 4.78 is 16.4. The van der Waals surface area contributed by atoms with Crippen molar-refractivity contribution in [3.63, 3.8) is 0 Å². The van der Waals surface area contributed by atoms with Crippen LogP contribution in [0.4, 0.5) is 5.13 Å². The average Bonchev–Trinajstić information content (AvgIpc) is 3.19. The first-order valence-electron chi connectivity index (χ1n) is 9.26. The summed E-state index contributed by atoms with van der Waals surface area (Å²) in [7, 11) is 3.22. The number of benzene rings is 2. The van der Waals surface area contributed by atoms with Crippen LogP contribution in [0.5, 0.6) is 17.2 Å². The molecule has 0 atom stereocenters. The van der Waals surface area contributed by atoms with Gasteiger partial charge in [0, 0.05) is 17.4 Å². The van der Waals surface area contributed by atoms with Gasteiger partial charge in [-0.1, -0.05) is 12.1 Å². The molecular formula is C22H24N2O4S. The molecule has 6 nitrogen and oxygen atoms in total. The predicted molar refractivity (Wildman–Crippen MR) is 115 cm³/mol. The van der Waals surface area contributed by atoms with Crippen molar-refractivity contribution in [3.05, 3.63) is 53.4 Å². The molecule has 3 rings (SSSR count). The molecule has 0 saturated carbocycles. The second-order valence-corrected chi connectivity index (χ2v) is 7.28. The Kier molecular flexibility index (Phi) is 7.08. The summed E-state index contributed by atoms with van der Waals surface area (Å²) in [5.41, 5.74) is 2.69. The number of nitrogens with zero attached hydrogens (tertiary/aromatic N) is 1. The van der Waals surface area contributed by atoms with Crippen molar-refractivity contribution < 1.29 is 19.0 Å². The number of methoxy groups -OCH3 is 2. The lowest BCUT2D eigenvalue weighted by atomic mass is 10.1. The third-order valence-corrected chi connectivity index (χ3v) is 5.00. The number of hydrogen-bond acceptors (Lipinski definition) is 6. The van der Waals surface area contributed by atoms with Gasteiger partial charge in [0.1, 0.15) is 17.2 Å². The van der Waals surface area contributed by atoms with Gasteiger partial charge in [0.2, 0.25) is 5.91 Å². The second kappa shape index (κ2) is 9.93. The maximum atomic E-state index is 12.2. The maximum absolute atomic E-state index is 12.2. The molecule has 7 heteroatoms. The van der Waals surface area contributed by atoms with E-state index in [4.69, 9.17) is 14.2 Å². The molecular weight excluding hydrogens is 388 g/mol. The van der Waals surface area contributed by atoms with Gasteiger partial charge in [-0.15, -0.1) is 11.3 Å². The van der Waals surface area contributed by atoms with Crippen LogP contribution in [0.2, 0.25) is 0 Å². The number of carbonyl (C=O) groups is 1. The summed E-state index contributed by atoms with van der Waals surface area (Å²) in [6.45, 7) is 2.50.